The number of aromatic nitrogens is 2. The van der Waals surface area contributed by atoms with Crippen LogP contribution in [0, 0.1) is 13.0 Å². The smallest absolute Gasteiger partial charge is 0.238 e. The zero-order chi connectivity index (χ0) is 21.5. The number of benzene rings is 2. The number of sulfonamides is 1. The van der Waals surface area contributed by atoms with E-state index in [0.29, 0.717) is 29.6 Å². The monoisotopic (exact) mass is 443 g/mol. The fourth-order valence-electron chi connectivity index (χ4n) is 3.31. The van der Waals surface area contributed by atoms with E-state index in [9.17, 15) is 8.42 Å². The Morgan fingerprint density at radius 2 is 2.00 bits per heavy atom. The van der Waals surface area contributed by atoms with Crippen LogP contribution >= 0.6 is 11.6 Å². The first-order chi connectivity index (χ1) is 14.2. The Balaban J connectivity index is 1.45. The molecule has 0 bridgehead atoms. The highest BCUT2D eigenvalue weighted by molar-refractivity contribution is 7.89. The maximum Gasteiger partial charge on any atom is 0.238 e. The van der Waals surface area contributed by atoms with E-state index in [0.717, 1.165) is 16.8 Å². The zero-order valence-electron chi connectivity index (χ0n) is 16.1. The first kappa shape index (κ1) is 20.4. The summed E-state index contributed by atoms with van der Waals surface area (Å²) in [6, 6.07) is 15.2. The van der Waals surface area contributed by atoms with Gasteiger partial charge in [0.15, 0.2) is 0 Å². The molecule has 8 nitrogen and oxygen atoms in total. The number of hydrogen-bond donors (Lipinski definition) is 3. The third-order valence-electron chi connectivity index (χ3n) is 4.96. The van der Waals surface area contributed by atoms with Crippen LogP contribution in [0.25, 0.3) is 11.3 Å². The molecule has 0 atom stereocenters. The van der Waals surface area contributed by atoms with E-state index in [1.54, 1.807) is 6.07 Å². The van der Waals surface area contributed by atoms with Crippen LogP contribution in [0.5, 0.6) is 0 Å². The molecule has 0 unspecified atom stereocenters. The molecule has 0 amide bonds. The largest absolute Gasteiger partial charge is 0.368 e. The van der Waals surface area contributed by atoms with Crippen LogP contribution in [0.15, 0.2) is 47.4 Å². The maximum atomic E-state index is 11.4. The van der Waals surface area contributed by atoms with Gasteiger partial charge in [-0.3, -0.25) is 0 Å². The van der Waals surface area contributed by atoms with Gasteiger partial charge in [0.2, 0.25) is 16.0 Å². The van der Waals surface area contributed by atoms with E-state index in [-0.39, 0.29) is 16.9 Å². The van der Waals surface area contributed by atoms with Gasteiger partial charge in [-0.2, -0.15) is 4.98 Å². The van der Waals surface area contributed by atoms with Crippen LogP contribution in [-0.4, -0.2) is 37.5 Å². The van der Waals surface area contributed by atoms with Gasteiger partial charge in [-0.25, -0.2) is 18.5 Å². The predicted octanol–water partition coefficient (Wildman–Crippen LogP) is 2.44. The van der Waals surface area contributed by atoms with Gasteiger partial charge in [0, 0.05) is 41.5 Å². The minimum atomic E-state index is -3.72. The Hall–Kier alpha value is -2.88. The second-order valence-corrected chi connectivity index (χ2v) is 9.08. The number of primary sulfonamides is 1. The van der Waals surface area contributed by atoms with Gasteiger partial charge < -0.3 is 16.0 Å². The van der Waals surface area contributed by atoms with Gasteiger partial charge in [0.05, 0.1) is 16.6 Å². The van der Waals surface area contributed by atoms with E-state index in [2.05, 4.69) is 26.3 Å². The molecule has 1 aliphatic rings. The molecule has 0 saturated carbocycles. The van der Waals surface area contributed by atoms with E-state index in [1.165, 1.54) is 12.1 Å². The molecule has 1 saturated heterocycles. The third-order valence-corrected chi connectivity index (χ3v) is 6.28. The number of nitrogen functional groups attached to an aromatic ring is 1. The van der Waals surface area contributed by atoms with Gasteiger partial charge in [0.25, 0.3) is 0 Å². The second-order valence-electron chi connectivity index (χ2n) is 7.11. The molecular formula is C20H20ClN6O2S. The summed E-state index contributed by atoms with van der Waals surface area (Å²) in [6.45, 7) is 3.35. The van der Waals surface area contributed by atoms with Gasteiger partial charge in [0.1, 0.15) is 5.82 Å². The molecule has 155 valence electrons. The summed E-state index contributed by atoms with van der Waals surface area (Å²) < 4.78 is 22.7. The topological polar surface area (TPSA) is 127 Å². The number of halogens is 1. The number of anilines is 3. The van der Waals surface area contributed by atoms with Crippen LogP contribution < -0.4 is 21.1 Å². The fraction of sp³-hybridized carbons (Fsp3) is 0.200. The molecule has 0 aliphatic carbocycles. The molecule has 2 aromatic carbocycles. The normalized spacial score (nSPS) is 14.4. The SMILES string of the molecule is Cc1c(Cl)cccc1-c1cc(NC2CN(c3[c]cc(S(N)(=O)=O)cc3)C2)nc(N)n1. The lowest BCUT2D eigenvalue weighted by Gasteiger charge is -2.41. The van der Waals surface area contributed by atoms with E-state index >= 15 is 0 Å². The average molecular weight is 444 g/mol. The van der Waals surface area contributed by atoms with Crippen molar-refractivity contribution in [1.29, 1.82) is 0 Å². The van der Waals surface area contributed by atoms with Gasteiger partial charge in [-0.1, -0.05) is 23.7 Å². The van der Waals surface area contributed by atoms with Crippen molar-refractivity contribution in [2.75, 3.05) is 29.0 Å². The van der Waals surface area contributed by atoms with E-state index < -0.39 is 10.0 Å². The molecule has 4 rings (SSSR count). The van der Waals surface area contributed by atoms with Crippen molar-refractivity contribution in [2.45, 2.75) is 17.9 Å². The van der Waals surface area contributed by atoms with Crippen molar-refractivity contribution in [3.8, 4) is 11.3 Å². The highest BCUT2D eigenvalue weighted by Gasteiger charge is 2.27. The summed E-state index contributed by atoms with van der Waals surface area (Å²) in [5.74, 6) is 0.813. The van der Waals surface area contributed by atoms with Crippen LogP contribution in [0.2, 0.25) is 5.02 Å². The minimum absolute atomic E-state index is 0.0433. The standard InChI is InChI=1S/C20H20ClN6O2S/c1-12-16(3-2-4-17(12)21)18-9-19(26-20(22)25-18)24-13-10-27(11-13)14-5-7-15(8-6-14)30(23,28)29/h2-5,7-9,13H,10-11H2,1H3,(H2,23,28,29)(H3,22,24,25,26). The summed E-state index contributed by atoms with van der Waals surface area (Å²) in [5.41, 5.74) is 9.25. The van der Waals surface area contributed by atoms with Gasteiger partial charge in [-0.15, -0.1) is 0 Å². The van der Waals surface area contributed by atoms with Gasteiger partial charge >= 0.3 is 0 Å². The van der Waals surface area contributed by atoms with Crippen molar-refractivity contribution in [1.82, 2.24) is 9.97 Å². The highest BCUT2D eigenvalue weighted by Crippen LogP contribution is 2.29. The van der Waals surface area contributed by atoms with Crippen molar-refractivity contribution in [3.05, 3.63) is 59.1 Å². The minimum Gasteiger partial charge on any atom is -0.368 e. The van der Waals surface area contributed by atoms with Crippen LogP contribution in [0.1, 0.15) is 5.56 Å². The number of nitrogens with one attached hydrogen (secondary N) is 1. The lowest BCUT2D eigenvalue weighted by atomic mass is 10.0. The van der Waals surface area contributed by atoms with Crippen molar-refractivity contribution < 1.29 is 8.42 Å². The average Bonchev–Trinajstić information content (AvgIpc) is 2.65. The Morgan fingerprint density at radius 1 is 1.23 bits per heavy atom. The Morgan fingerprint density at radius 3 is 2.67 bits per heavy atom. The lowest BCUT2D eigenvalue weighted by Crippen LogP contribution is -2.55. The lowest BCUT2D eigenvalue weighted by molar-refractivity contribution is 0.548. The van der Waals surface area contributed by atoms with Crippen LogP contribution in [-0.2, 0) is 10.0 Å². The summed E-state index contributed by atoms with van der Waals surface area (Å²) >= 11 is 6.23. The Bertz CT molecular complexity index is 1190. The fourth-order valence-corrected chi connectivity index (χ4v) is 3.97. The first-order valence-electron chi connectivity index (χ1n) is 9.17. The second kappa shape index (κ2) is 7.75. The predicted molar refractivity (Wildman–Crippen MR) is 118 cm³/mol. The van der Waals surface area contributed by atoms with Crippen LogP contribution in [0.4, 0.5) is 17.5 Å². The highest BCUT2D eigenvalue weighted by atomic mass is 35.5. The zero-order valence-corrected chi connectivity index (χ0v) is 17.7. The molecular weight excluding hydrogens is 424 g/mol. The molecule has 0 spiro atoms. The van der Waals surface area contributed by atoms with E-state index in [4.69, 9.17) is 22.5 Å². The quantitative estimate of drug-likeness (QED) is 0.552. The number of nitrogens with zero attached hydrogens (tertiary/aromatic N) is 3. The molecule has 3 aromatic rings. The molecule has 1 fully saturated rings. The third kappa shape index (κ3) is 4.18. The maximum absolute atomic E-state index is 11.4. The molecule has 1 aliphatic heterocycles. The Kier molecular flexibility index (Phi) is 5.27. The summed E-state index contributed by atoms with van der Waals surface area (Å²) in [4.78, 5) is 10.7. The molecule has 2 heterocycles. The molecule has 1 radical (unpaired) electrons. The number of hydrogen-bond acceptors (Lipinski definition) is 7. The van der Waals surface area contributed by atoms with Crippen molar-refractivity contribution in [2.24, 2.45) is 5.14 Å². The Labute approximate surface area is 179 Å². The molecule has 30 heavy (non-hydrogen) atoms. The van der Waals surface area contributed by atoms with Crippen LogP contribution in [0.3, 0.4) is 0 Å². The van der Waals surface area contributed by atoms with Crippen molar-refractivity contribution in [3.63, 3.8) is 0 Å². The summed E-state index contributed by atoms with van der Waals surface area (Å²) in [7, 11) is -3.72. The molecule has 5 N–H and O–H groups in total. The molecule has 10 heteroatoms. The number of rotatable bonds is 5. The summed E-state index contributed by atoms with van der Waals surface area (Å²) in [5, 5.41) is 9.15. The van der Waals surface area contributed by atoms with E-state index in [1.807, 2.05) is 31.2 Å². The number of nitrogens with two attached hydrogens (primary N) is 2. The van der Waals surface area contributed by atoms with Gasteiger partial charge in [-0.05, 0) is 36.8 Å². The summed E-state index contributed by atoms with van der Waals surface area (Å²) in [6.07, 6.45) is 0. The van der Waals surface area contributed by atoms with Crippen molar-refractivity contribution >= 4 is 39.1 Å². The first-order valence-corrected chi connectivity index (χ1v) is 11.1. The molecule has 1 aromatic heterocycles.